The first kappa shape index (κ1) is 14.8. The average Bonchev–Trinajstić information content (AvgIpc) is 2.47. The van der Waals surface area contributed by atoms with Crippen LogP contribution < -0.4 is 4.90 Å². The molecule has 0 aliphatic carbocycles. The van der Waals surface area contributed by atoms with Crippen LogP contribution in [0, 0.1) is 22.7 Å². The van der Waals surface area contributed by atoms with Gasteiger partial charge in [0.05, 0.1) is 0 Å². The number of hydrogen-bond donors (Lipinski definition) is 0. The third kappa shape index (κ3) is 4.48. The summed E-state index contributed by atoms with van der Waals surface area (Å²) >= 11 is 0. The lowest BCUT2D eigenvalue weighted by Crippen LogP contribution is -2.23. The molecule has 0 saturated heterocycles. The van der Waals surface area contributed by atoms with Crippen molar-refractivity contribution in [2.24, 2.45) is 0 Å². The van der Waals surface area contributed by atoms with E-state index in [0.717, 1.165) is 18.7 Å². The predicted molar refractivity (Wildman–Crippen MR) is 78.4 cm³/mol. The topological polar surface area (TPSA) is 50.8 Å². The van der Waals surface area contributed by atoms with Crippen LogP contribution in [0.1, 0.15) is 32.3 Å². The summed E-state index contributed by atoms with van der Waals surface area (Å²) in [6.07, 6.45) is 3.97. The molecule has 98 valence electrons. The summed E-state index contributed by atoms with van der Waals surface area (Å²) in [4.78, 5) is 2.33. The van der Waals surface area contributed by atoms with E-state index in [-0.39, 0.29) is 5.57 Å². The highest BCUT2D eigenvalue weighted by Crippen LogP contribution is 2.17. The van der Waals surface area contributed by atoms with Gasteiger partial charge < -0.3 is 4.90 Å². The van der Waals surface area contributed by atoms with E-state index >= 15 is 0 Å². The minimum Gasteiger partial charge on any atom is -0.372 e. The Labute approximate surface area is 115 Å². The fourth-order valence-corrected chi connectivity index (χ4v) is 1.86. The molecule has 0 aromatic heterocycles. The number of anilines is 1. The molecule has 1 rings (SSSR count). The first-order valence-electron chi connectivity index (χ1n) is 6.62. The van der Waals surface area contributed by atoms with Crippen molar-refractivity contribution in [1.29, 1.82) is 10.5 Å². The molecule has 0 spiro atoms. The second kappa shape index (κ2) is 7.95. The summed E-state index contributed by atoms with van der Waals surface area (Å²) in [5, 5.41) is 17.4. The number of hydrogen-bond acceptors (Lipinski definition) is 3. The second-order valence-corrected chi connectivity index (χ2v) is 4.31. The molecule has 19 heavy (non-hydrogen) atoms. The minimum atomic E-state index is 0.131. The van der Waals surface area contributed by atoms with E-state index in [1.807, 2.05) is 36.4 Å². The molecule has 0 radical (unpaired) electrons. The van der Waals surface area contributed by atoms with Crippen LogP contribution in [0.2, 0.25) is 0 Å². The monoisotopic (exact) mass is 253 g/mol. The van der Waals surface area contributed by atoms with E-state index < -0.39 is 0 Å². The normalized spacial score (nSPS) is 9.26. The van der Waals surface area contributed by atoms with Gasteiger partial charge in [-0.15, -0.1) is 0 Å². The van der Waals surface area contributed by atoms with E-state index in [2.05, 4.69) is 18.7 Å². The average molecular weight is 253 g/mol. The van der Waals surface area contributed by atoms with Crippen molar-refractivity contribution < 1.29 is 0 Å². The highest BCUT2D eigenvalue weighted by Gasteiger charge is 2.03. The lowest BCUT2D eigenvalue weighted by molar-refractivity contribution is 0.732. The van der Waals surface area contributed by atoms with Crippen molar-refractivity contribution in [1.82, 2.24) is 0 Å². The Bertz CT molecular complexity index is 484. The smallest absolute Gasteiger partial charge is 0.130 e. The summed E-state index contributed by atoms with van der Waals surface area (Å²) in [6, 6.07) is 11.7. The van der Waals surface area contributed by atoms with E-state index in [9.17, 15) is 0 Å². The molecule has 0 saturated carbocycles. The number of unbranched alkanes of at least 4 members (excludes halogenated alkanes) is 1. The molecule has 0 heterocycles. The van der Waals surface area contributed by atoms with Gasteiger partial charge in [-0.25, -0.2) is 0 Å². The van der Waals surface area contributed by atoms with Crippen molar-refractivity contribution in [3.05, 3.63) is 35.4 Å². The van der Waals surface area contributed by atoms with Gasteiger partial charge in [0, 0.05) is 18.8 Å². The van der Waals surface area contributed by atoms with E-state index in [0.29, 0.717) is 0 Å². The largest absolute Gasteiger partial charge is 0.372 e. The number of allylic oxidation sites excluding steroid dienone is 1. The van der Waals surface area contributed by atoms with E-state index in [1.165, 1.54) is 18.5 Å². The van der Waals surface area contributed by atoms with Crippen LogP contribution in [-0.4, -0.2) is 13.1 Å². The van der Waals surface area contributed by atoms with Crippen molar-refractivity contribution in [2.45, 2.75) is 26.7 Å². The van der Waals surface area contributed by atoms with Crippen LogP contribution >= 0.6 is 0 Å². The molecule has 0 bridgehead atoms. The molecule has 3 heteroatoms. The lowest BCUT2D eigenvalue weighted by Gasteiger charge is -2.22. The van der Waals surface area contributed by atoms with E-state index in [1.54, 1.807) is 6.08 Å². The number of nitrogens with zero attached hydrogens (tertiary/aromatic N) is 3. The van der Waals surface area contributed by atoms with Crippen LogP contribution in [0.15, 0.2) is 29.8 Å². The fraction of sp³-hybridized carbons (Fsp3) is 0.375. The predicted octanol–water partition coefficient (Wildman–Crippen LogP) is 3.74. The first-order valence-corrected chi connectivity index (χ1v) is 6.62. The molecule has 0 N–H and O–H groups in total. The maximum absolute atomic E-state index is 8.72. The molecule has 0 fully saturated rings. The van der Waals surface area contributed by atoms with Gasteiger partial charge in [-0.2, -0.15) is 10.5 Å². The van der Waals surface area contributed by atoms with Gasteiger partial charge in [0.15, 0.2) is 0 Å². The molecule has 3 nitrogen and oxygen atoms in total. The van der Waals surface area contributed by atoms with Crippen LogP contribution in [0.3, 0.4) is 0 Å². The SMILES string of the molecule is CCCCN(CC)c1ccc(C=C(C#N)C#N)cc1. The number of benzene rings is 1. The zero-order chi connectivity index (χ0) is 14.1. The van der Waals surface area contributed by atoms with Crippen LogP contribution in [0.5, 0.6) is 0 Å². The zero-order valence-corrected chi connectivity index (χ0v) is 11.6. The van der Waals surface area contributed by atoms with Crippen molar-refractivity contribution in [2.75, 3.05) is 18.0 Å². The quantitative estimate of drug-likeness (QED) is 0.725. The maximum Gasteiger partial charge on any atom is 0.130 e. The van der Waals surface area contributed by atoms with Crippen LogP contribution in [0.25, 0.3) is 6.08 Å². The Morgan fingerprint density at radius 3 is 2.26 bits per heavy atom. The first-order chi connectivity index (χ1) is 9.24. The lowest BCUT2D eigenvalue weighted by atomic mass is 10.1. The summed E-state index contributed by atoms with van der Waals surface area (Å²) in [7, 11) is 0. The van der Waals surface area contributed by atoms with Gasteiger partial charge in [0.1, 0.15) is 17.7 Å². The van der Waals surface area contributed by atoms with Crippen molar-refractivity contribution in [3.63, 3.8) is 0 Å². The minimum absolute atomic E-state index is 0.131. The molecule has 0 atom stereocenters. The summed E-state index contributed by atoms with van der Waals surface area (Å²) in [6.45, 7) is 6.38. The van der Waals surface area contributed by atoms with Gasteiger partial charge in [0.2, 0.25) is 0 Å². The summed E-state index contributed by atoms with van der Waals surface area (Å²) < 4.78 is 0. The summed E-state index contributed by atoms with van der Waals surface area (Å²) in [5.74, 6) is 0. The molecule has 0 amide bonds. The highest BCUT2D eigenvalue weighted by atomic mass is 15.1. The standard InChI is InChI=1S/C16H19N3/c1-3-5-10-19(4-2)16-8-6-14(7-9-16)11-15(12-17)13-18/h6-9,11H,3-5,10H2,1-2H3. The zero-order valence-electron chi connectivity index (χ0n) is 11.6. The van der Waals surface area contributed by atoms with Gasteiger partial charge in [-0.3, -0.25) is 0 Å². The van der Waals surface area contributed by atoms with Gasteiger partial charge in [-0.1, -0.05) is 25.5 Å². The van der Waals surface area contributed by atoms with Gasteiger partial charge >= 0.3 is 0 Å². The van der Waals surface area contributed by atoms with E-state index in [4.69, 9.17) is 10.5 Å². The molecule has 1 aromatic carbocycles. The third-order valence-electron chi connectivity index (χ3n) is 2.97. The number of nitriles is 2. The Morgan fingerprint density at radius 2 is 1.79 bits per heavy atom. The molecular weight excluding hydrogens is 234 g/mol. The maximum atomic E-state index is 8.72. The Hall–Kier alpha value is -2.26. The highest BCUT2D eigenvalue weighted by molar-refractivity contribution is 5.63. The summed E-state index contributed by atoms with van der Waals surface area (Å²) in [5.41, 5.74) is 2.20. The molecule has 0 aliphatic heterocycles. The van der Waals surface area contributed by atoms with Crippen molar-refractivity contribution in [3.8, 4) is 12.1 Å². The molecule has 0 aliphatic rings. The van der Waals surface area contributed by atoms with Crippen LogP contribution in [0.4, 0.5) is 5.69 Å². The van der Waals surface area contributed by atoms with Gasteiger partial charge in [-0.05, 0) is 37.1 Å². The van der Waals surface area contributed by atoms with Crippen molar-refractivity contribution >= 4 is 11.8 Å². The number of rotatable bonds is 6. The molecular formula is C16H19N3. The molecule has 0 unspecified atom stereocenters. The molecule has 1 aromatic rings. The Kier molecular flexibility index (Phi) is 6.19. The Morgan fingerprint density at radius 1 is 1.16 bits per heavy atom. The third-order valence-corrected chi connectivity index (χ3v) is 2.97. The van der Waals surface area contributed by atoms with Crippen LogP contribution in [-0.2, 0) is 0 Å². The Balaban J connectivity index is 2.84. The second-order valence-electron chi connectivity index (χ2n) is 4.31. The fourth-order valence-electron chi connectivity index (χ4n) is 1.86. The van der Waals surface area contributed by atoms with Gasteiger partial charge in [0.25, 0.3) is 0 Å².